The number of hydrogen-bond donors (Lipinski definition) is 1. The summed E-state index contributed by atoms with van der Waals surface area (Å²) in [7, 11) is 0. The molecule has 68 valence electrons. The van der Waals surface area contributed by atoms with E-state index in [-0.39, 0.29) is 18.3 Å². The minimum atomic E-state index is -0.429. The zero-order chi connectivity index (χ0) is 8.34. The second-order valence-corrected chi connectivity index (χ2v) is 4.18. The second-order valence-electron chi connectivity index (χ2n) is 4.18. The molecule has 2 bridgehead atoms. The van der Waals surface area contributed by atoms with Gasteiger partial charge in [0.2, 0.25) is 0 Å². The standard InChI is InChI=1S/C8H13NO3/c1-8(2)10-6-4-3-5(12-9-4)7(6)11-8/h4-7,9H,3H2,1-2H3/t4-,5+,6+,7-/m1/s1. The van der Waals surface area contributed by atoms with Gasteiger partial charge in [0.15, 0.2) is 5.79 Å². The summed E-state index contributed by atoms with van der Waals surface area (Å²) < 4.78 is 11.5. The number of ether oxygens (including phenoxy) is 2. The van der Waals surface area contributed by atoms with Gasteiger partial charge < -0.3 is 9.47 Å². The molecule has 0 spiro atoms. The van der Waals surface area contributed by atoms with E-state index in [0.29, 0.717) is 6.04 Å². The smallest absolute Gasteiger partial charge is 0.163 e. The fraction of sp³-hybridized carbons (Fsp3) is 1.00. The second kappa shape index (κ2) is 2.01. The van der Waals surface area contributed by atoms with Crippen molar-refractivity contribution in [3.05, 3.63) is 0 Å². The van der Waals surface area contributed by atoms with Crippen molar-refractivity contribution in [2.75, 3.05) is 0 Å². The summed E-state index contributed by atoms with van der Waals surface area (Å²) in [5.74, 6) is -0.429. The summed E-state index contributed by atoms with van der Waals surface area (Å²) in [6.07, 6.45) is 1.55. The van der Waals surface area contributed by atoms with Crippen molar-refractivity contribution in [1.82, 2.24) is 5.48 Å². The Bertz CT molecular complexity index is 198. The van der Waals surface area contributed by atoms with Gasteiger partial charge in [0.1, 0.15) is 18.3 Å². The van der Waals surface area contributed by atoms with Crippen LogP contribution in [-0.4, -0.2) is 30.1 Å². The van der Waals surface area contributed by atoms with Crippen LogP contribution in [0.1, 0.15) is 20.3 Å². The zero-order valence-electron chi connectivity index (χ0n) is 7.24. The molecular formula is C8H13NO3. The van der Waals surface area contributed by atoms with Gasteiger partial charge in [-0.15, -0.1) is 0 Å². The molecule has 2 saturated heterocycles. The molecule has 3 fully saturated rings. The van der Waals surface area contributed by atoms with Crippen LogP contribution in [0, 0.1) is 0 Å². The van der Waals surface area contributed by atoms with Gasteiger partial charge in [-0.05, 0) is 20.3 Å². The van der Waals surface area contributed by atoms with Crippen LogP contribution in [-0.2, 0) is 14.3 Å². The van der Waals surface area contributed by atoms with Crippen LogP contribution in [0.3, 0.4) is 0 Å². The molecule has 0 radical (unpaired) electrons. The van der Waals surface area contributed by atoms with Crippen molar-refractivity contribution in [2.45, 2.75) is 50.4 Å². The number of rotatable bonds is 0. The number of hydroxylamine groups is 1. The summed E-state index contributed by atoms with van der Waals surface area (Å²) in [6, 6.07) is 0.335. The summed E-state index contributed by atoms with van der Waals surface area (Å²) in [4.78, 5) is 5.30. The highest BCUT2D eigenvalue weighted by molar-refractivity contribution is 5.04. The molecule has 1 aliphatic carbocycles. The third-order valence-electron chi connectivity index (χ3n) is 2.78. The third kappa shape index (κ3) is 0.808. The Morgan fingerprint density at radius 2 is 2.00 bits per heavy atom. The molecule has 4 atom stereocenters. The number of hydrogen-bond acceptors (Lipinski definition) is 4. The van der Waals surface area contributed by atoms with E-state index in [4.69, 9.17) is 14.3 Å². The first-order chi connectivity index (χ1) is 5.66. The molecule has 4 nitrogen and oxygen atoms in total. The summed E-state index contributed by atoms with van der Waals surface area (Å²) in [5.41, 5.74) is 2.96. The fourth-order valence-electron chi connectivity index (χ4n) is 2.34. The normalized spacial score (nSPS) is 54.5. The Kier molecular flexibility index (Phi) is 1.22. The van der Waals surface area contributed by atoms with Gasteiger partial charge in [0, 0.05) is 0 Å². The molecule has 0 aromatic carbocycles. The van der Waals surface area contributed by atoms with Gasteiger partial charge in [0.05, 0.1) is 6.04 Å². The quantitative estimate of drug-likeness (QED) is 0.564. The van der Waals surface area contributed by atoms with E-state index in [1.54, 1.807) is 0 Å². The van der Waals surface area contributed by atoms with Crippen LogP contribution >= 0.6 is 0 Å². The largest absolute Gasteiger partial charge is 0.343 e. The van der Waals surface area contributed by atoms with E-state index in [9.17, 15) is 0 Å². The highest BCUT2D eigenvalue weighted by atomic mass is 16.8. The highest BCUT2D eigenvalue weighted by Gasteiger charge is 2.58. The monoisotopic (exact) mass is 171 g/mol. The van der Waals surface area contributed by atoms with Gasteiger partial charge in [-0.25, -0.2) is 0 Å². The lowest BCUT2D eigenvalue weighted by Gasteiger charge is -2.21. The molecule has 3 aliphatic rings. The van der Waals surface area contributed by atoms with E-state index >= 15 is 0 Å². The van der Waals surface area contributed by atoms with Crippen molar-refractivity contribution in [3.63, 3.8) is 0 Å². The Morgan fingerprint density at radius 3 is 2.75 bits per heavy atom. The zero-order valence-corrected chi connectivity index (χ0v) is 7.24. The Balaban J connectivity index is 1.87. The molecule has 4 heteroatoms. The van der Waals surface area contributed by atoms with E-state index in [2.05, 4.69) is 5.48 Å². The van der Waals surface area contributed by atoms with Crippen molar-refractivity contribution in [3.8, 4) is 0 Å². The molecule has 2 aliphatic heterocycles. The van der Waals surface area contributed by atoms with Crippen LogP contribution in [0.25, 0.3) is 0 Å². The van der Waals surface area contributed by atoms with Crippen molar-refractivity contribution in [1.29, 1.82) is 0 Å². The van der Waals surface area contributed by atoms with Gasteiger partial charge in [-0.1, -0.05) is 0 Å². The minimum Gasteiger partial charge on any atom is -0.343 e. The van der Waals surface area contributed by atoms with Crippen LogP contribution in [0.4, 0.5) is 0 Å². The third-order valence-corrected chi connectivity index (χ3v) is 2.78. The maximum atomic E-state index is 5.74. The first-order valence-electron chi connectivity index (χ1n) is 4.42. The molecule has 0 aromatic heterocycles. The first kappa shape index (κ1) is 7.26. The maximum Gasteiger partial charge on any atom is 0.163 e. The summed E-state index contributed by atoms with van der Waals surface area (Å²) in [6.45, 7) is 3.90. The van der Waals surface area contributed by atoms with Crippen molar-refractivity contribution in [2.24, 2.45) is 0 Å². The van der Waals surface area contributed by atoms with Crippen LogP contribution in [0.5, 0.6) is 0 Å². The molecule has 3 rings (SSSR count). The lowest BCUT2D eigenvalue weighted by atomic mass is 10.2. The number of nitrogens with one attached hydrogen (secondary N) is 1. The summed E-state index contributed by atoms with van der Waals surface area (Å²) >= 11 is 0. The molecule has 0 aromatic rings. The Morgan fingerprint density at radius 1 is 1.25 bits per heavy atom. The molecule has 1 saturated carbocycles. The predicted octanol–water partition coefficient (Wildman–Crippen LogP) is 0.182. The molecule has 1 N–H and O–H groups in total. The molecule has 2 heterocycles. The van der Waals surface area contributed by atoms with Gasteiger partial charge >= 0.3 is 0 Å². The van der Waals surface area contributed by atoms with Crippen LogP contribution in [0.15, 0.2) is 0 Å². The average molecular weight is 171 g/mol. The molecular weight excluding hydrogens is 158 g/mol. The van der Waals surface area contributed by atoms with Gasteiger partial charge in [0.25, 0.3) is 0 Å². The van der Waals surface area contributed by atoms with E-state index in [0.717, 1.165) is 6.42 Å². The van der Waals surface area contributed by atoms with Crippen molar-refractivity contribution < 1.29 is 14.3 Å². The lowest BCUT2D eigenvalue weighted by Crippen LogP contribution is -2.44. The SMILES string of the molecule is CC1(C)O[C@@H]2[C@H](O1)[C@@H]1C[C@H]2NO1. The Labute approximate surface area is 71.1 Å². The van der Waals surface area contributed by atoms with E-state index in [1.165, 1.54) is 0 Å². The van der Waals surface area contributed by atoms with E-state index < -0.39 is 5.79 Å². The van der Waals surface area contributed by atoms with Crippen molar-refractivity contribution >= 4 is 0 Å². The first-order valence-corrected chi connectivity index (χ1v) is 4.42. The van der Waals surface area contributed by atoms with Gasteiger partial charge in [-0.2, -0.15) is 5.48 Å². The van der Waals surface area contributed by atoms with Gasteiger partial charge in [-0.3, -0.25) is 4.84 Å². The topological polar surface area (TPSA) is 39.7 Å². The lowest BCUT2D eigenvalue weighted by molar-refractivity contribution is -0.157. The minimum absolute atomic E-state index is 0.145. The molecule has 0 amide bonds. The highest BCUT2D eigenvalue weighted by Crippen LogP contribution is 2.42. The van der Waals surface area contributed by atoms with E-state index in [1.807, 2.05) is 13.8 Å². The average Bonchev–Trinajstić information content (AvgIpc) is 2.54. The predicted molar refractivity (Wildman–Crippen MR) is 40.2 cm³/mol. The number of fused-ring (bicyclic) bond motifs is 5. The fourth-order valence-corrected chi connectivity index (χ4v) is 2.34. The summed E-state index contributed by atoms with van der Waals surface area (Å²) in [5, 5.41) is 0. The Hall–Kier alpha value is -0.160. The van der Waals surface area contributed by atoms with Crippen LogP contribution < -0.4 is 5.48 Å². The molecule has 0 unspecified atom stereocenters. The van der Waals surface area contributed by atoms with Crippen LogP contribution in [0.2, 0.25) is 0 Å². The maximum absolute atomic E-state index is 5.74. The molecule has 12 heavy (non-hydrogen) atoms.